The Kier molecular flexibility index (Phi) is 9.64. The largest absolute Gasteiger partial charge is 0.354 e. The summed E-state index contributed by atoms with van der Waals surface area (Å²) < 4.78 is 28.1. The number of hydrogen-bond acceptors (Lipinski definition) is 5. The Morgan fingerprint density at radius 1 is 1.00 bits per heavy atom. The van der Waals surface area contributed by atoms with Crippen LogP contribution >= 0.6 is 11.8 Å². The van der Waals surface area contributed by atoms with E-state index in [4.69, 9.17) is 0 Å². The van der Waals surface area contributed by atoms with Crippen molar-refractivity contribution in [2.75, 3.05) is 43.3 Å². The van der Waals surface area contributed by atoms with E-state index in [0.717, 1.165) is 36.5 Å². The molecule has 33 heavy (non-hydrogen) atoms. The first-order chi connectivity index (χ1) is 15.9. The van der Waals surface area contributed by atoms with Crippen LogP contribution in [0.2, 0.25) is 0 Å². The molecular weight excluding hydrogens is 454 g/mol. The number of anilines is 1. The predicted octanol–water partition coefficient (Wildman–Crippen LogP) is 4.29. The van der Waals surface area contributed by atoms with E-state index in [2.05, 4.69) is 10.2 Å². The lowest BCUT2D eigenvalue weighted by atomic mass is 10.2. The van der Waals surface area contributed by atoms with Crippen LogP contribution in [0.3, 0.4) is 0 Å². The topological polar surface area (TPSA) is 69.7 Å². The van der Waals surface area contributed by atoms with E-state index in [1.165, 1.54) is 30.0 Å². The van der Waals surface area contributed by atoms with Crippen LogP contribution in [0.5, 0.6) is 0 Å². The minimum Gasteiger partial charge on any atom is -0.354 e. The van der Waals surface area contributed by atoms with Gasteiger partial charge in [-0.25, -0.2) is 8.42 Å². The van der Waals surface area contributed by atoms with Crippen molar-refractivity contribution >= 4 is 33.4 Å². The Bertz CT molecular complexity index is 985. The average molecular weight is 490 g/mol. The third-order valence-electron chi connectivity index (χ3n) is 5.93. The number of carbonyl (C=O) groups excluding carboxylic acids is 1. The Labute approximate surface area is 202 Å². The molecule has 0 aliphatic carbocycles. The molecule has 0 atom stereocenters. The van der Waals surface area contributed by atoms with Crippen molar-refractivity contribution in [3.05, 3.63) is 54.1 Å². The van der Waals surface area contributed by atoms with Gasteiger partial charge in [0, 0.05) is 11.4 Å². The number of aryl methyl sites for hydroxylation is 1. The summed E-state index contributed by atoms with van der Waals surface area (Å²) in [6.45, 7) is 5.45. The first-order valence-electron chi connectivity index (χ1n) is 11.6. The van der Waals surface area contributed by atoms with Gasteiger partial charge < -0.3 is 10.2 Å². The zero-order chi connectivity index (χ0) is 23.7. The molecule has 2 aromatic carbocycles. The van der Waals surface area contributed by atoms with Gasteiger partial charge in [-0.1, -0.05) is 30.5 Å². The maximum atomic E-state index is 13.5. The molecule has 1 amide bonds. The average Bonchev–Trinajstić information content (AvgIpc) is 3.10. The van der Waals surface area contributed by atoms with Gasteiger partial charge in [-0.05, 0) is 88.5 Å². The van der Waals surface area contributed by atoms with Crippen molar-refractivity contribution in [1.82, 2.24) is 10.2 Å². The molecule has 1 heterocycles. The van der Waals surface area contributed by atoms with E-state index in [0.29, 0.717) is 12.2 Å². The molecule has 2 aromatic rings. The Balaban J connectivity index is 1.66. The van der Waals surface area contributed by atoms with Gasteiger partial charge in [0.25, 0.3) is 10.0 Å². The lowest BCUT2D eigenvalue weighted by Gasteiger charge is -2.24. The van der Waals surface area contributed by atoms with E-state index in [1.54, 1.807) is 48.2 Å². The first-order valence-corrected chi connectivity index (χ1v) is 14.3. The number of nitrogens with zero attached hydrogens (tertiary/aromatic N) is 2. The summed E-state index contributed by atoms with van der Waals surface area (Å²) in [6, 6.07) is 14.0. The number of hydrogen-bond donors (Lipinski definition) is 1. The van der Waals surface area contributed by atoms with Crippen LogP contribution in [-0.2, 0) is 14.8 Å². The predicted molar refractivity (Wildman–Crippen MR) is 136 cm³/mol. The van der Waals surface area contributed by atoms with Crippen molar-refractivity contribution in [2.24, 2.45) is 0 Å². The number of likely N-dealkylation sites (tertiary alicyclic amines) is 1. The highest BCUT2D eigenvalue weighted by Gasteiger charge is 2.27. The number of sulfonamides is 1. The molecule has 180 valence electrons. The molecule has 1 N–H and O–H groups in total. The smallest absolute Gasteiger partial charge is 0.264 e. The normalized spacial score (nSPS) is 15.1. The summed E-state index contributed by atoms with van der Waals surface area (Å²) in [5.74, 6) is -0.296. The van der Waals surface area contributed by atoms with Crippen LogP contribution in [0, 0.1) is 6.92 Å². The molecule has 1 aliphatic heterocycles. The fourth-order valence-corrected chi connectivity index (χ4v) is 5.81. The van der Waals surface area contributed by atoms with Crippen molar-refractivity contribution in [3.63, 3.8) is 0 Å². The van der Waals surface area contributed by atoms with Crippen LogP contribution in [0.15, 0.2) is 58.3 Å². The fourth-order valence-electron chi connectivity index (χ4n) is 3.98. The molecule has 6 nitrogen and oxygen atoms in total. The van der Waals surface area contributed by atoms with E-state index >= 15 is 0 Å². The molecule has 8 heteroatoms. The molecule has 0 saturated carbocycles. The molecule has 0 radical (unpaired) electrons. The molecule has 0 unspecified atom stereocenters. The zero-order valence-corrected chi connectivity index (χ0v) is 21.3. The summed E-state index contributed by atoms with van der Waals surface area (Å²) in [6.07, 6.45) is 7.90. The van der Waals surface area contributed by atoms with Gasteiger partial charge >= 0.3 is 0 Å². The van der Waals surface area contributed by atoms with Gasteiger partial charge in [0.2, 0.25) is 5.91 Å². The Hall–Kier alpha value is -2.03. The van der Waals surface area contributed by atoms with Crippen LogP contribution in [0.1, 0.15) is 37.7 Å². The lowest BCUT2D eigenvalue weighted by molar-refractivity contribution is -0.119. The molecule has 0 bridgehead atoms. The van der Waals surface area contributed by atoms with Crippen molar-refractivity contribution < 1.29 is 13.2 Å². The van der Waals surface area contributed by atoms with E-state index in [1.807, 2.05) is 25.3 Å². The molecular formula is C25H35N3O3S2. The zero-order valence-electron chi connectivity index (χ0n) is 19.6. The van der Waals surface area contributed by atoms with Gasteiger partial charge in [-0.3, -0.25) is 9.10 Å². The minimum atomic E-state index is -3.88. The summed E-state index contributed by atoms with van der Waals surface area (Å²) in [7, 11) is -3.88. The van der Waals surface area contributed by atoms with Crippen molar-refractivity contribution in [3.8, 4) is 0 Å². The molecule has 1 fully saturated rings. The van der Waals surface area contributed by atoms with E-state index in [9.17, 15) is 13.2 Å². The number of amides is 1. The molecule has 0 aromatic heterocycles. The third-order valence-corrected chi connectivity index (χ3v) is 8.46. The molecule has 1 saturated heterocycles. The summed E-state index contributed by atoms with van der Waals surface area (Å²) in [4.78, 5) is 16.4. The van der Waals surface area contributed by atoms with Gasteiger partial charge in [0.1, 0.15) is 6.54 Å². The Morgan fingerprint density at radius 3 is 2.24 bits per heavy atom. The maximum Gasteiger partial charge on any atom is 0.264 e. The standard InChI is InChI=1S/C25H35N3O3S2/c1-21-8-10-22(11-9-21)28(33(30,31)24-14-12-23(32-2)13-15-24)20-25(29)26-16-7-19-27-17-5-3-4-6-18-27/h8-15H,3-7,16-20H2,1-2H3,(H,26,29). The highest BCUT2D eigenvalue weighted by molar-refractivity contribution is 7.98. The van der Waals surface area contributed by atoms with Gasteiger partial charge in [-0.15, -0.1) is 11.8 Å². The number of carbonyl (C=O) groups is 1. The summed E-state index contributed by atoms with van der Waals surface area (Å²) >= 11 is 1.55. The van der Waals surface area contributed by atoms with Gasteiger partial charge in [0.05, 0.1) is 10.6 Å². The summed E-state index contributed by atoms with van der Waals surface area (Å²) in [5, 5.41) is 2.92. The molecule has 1 aliphatic rings. The number of rotatable bonds is 10. The number of nitrogens with one attached hydrogen (secondary N) is 1. The van der Waals surface area contributed by atoms with Crippen LogP contribution < -0.4 is 9.62 Å². The fraction of sp³-hybridized carbons (Fsp3) is 0.480. The summed E-state index contributed by atoms with van der Waals surface area (Å²) in [5.41, 5.74) is 1.51. The molecule has 0 spiro atoms. The van der Waals surface area contributed by atoms with Crippen LogP contribution in [-0.4, -0.2) is 58.2 Å². The number of benzene rings is 2. The molecule has 3 rings (SSSR count). The van der Waals surface area contributed by atoms with Crippen LogP contribution in [0.4, 0.5) is 5.69 Å². The SMILES string of the molecule is CSc1ccc(S(=O)(=O)N(CC(=O)NCCCN2CCCCCC2)c2ccc(C)cc2)cc1. The third kappa shape index (κ3) is 7.48. The van der Waals surface area contributed by atoms with Crippen molar-refractivity contribution in [2.45, 2.75) is 48.8 Å². The van der Waals surface area contributed by atoms with E-state index < -0.39 is 10.0 Å². The number of thioether (sulfide) groups is 1. The highest BCUT2D eigenvalue weighted by atomic mass is 32.2. The van der Waals surface area contributed by atoms with Gasteiger partial charge in [0.15, 0.2) is 0 Å². The minimum absolute atomic E-state index is 0.176. The second kappa shape index (κ2) is 12.4. The second-order valence-corrected chi connectivity index (χ2v) is 11.2. The highest BCUT2D eigenvalue weighted by Crippen LogP contribution is 2.25. The Morgan fingerprint density at radius 2 is 1.64 bits per heavy atom. The van der Waals surface area contributed by atoms with Gasteiger partial charge in [-0.2, -0.15) is 0 Å². The van der Waals surface area contributed by atoms with Crippen molar-refractivity contribution in [1.29, 1.82) is 0 Å². The second-order valence-electron chi connectivity index (χ2n) is 8.48. The lowest BCUT2D eigenvalue weighted by Crippen LogP contribution is -2.41. The quantitative estimate of drug-likeness (QED) is 0.398. The monoisotopic (exact) mass is 489 g/mol. The van der Waals surface area contributed by atoms with Crippen LogP contribution in [0.25, 0.3) is 0 Å². The van der Waals surface area contributed by atoms with E-state index in [-0.39, 0.29) is 17.3 Å². The first kappa shape index (κ1) is 25.6. The maximum absolute atomic E-state index is 13.5.